The number of rotatable bonds is 0. The molecule has 3 aliphatic heterocycles. The summed E-state index contributed by atoms with van der Waals surface area (Å²) in [6.07, 6.45) is 0. The third kappa shape index (κ3) is 20.9. The molecule has 0 radical (unpaired) electrons. The van der Waals surface area contributed by atoms with Crippen LogP contribution in [0.5, 0.6) is 0 Å². The molecule has 0 spiro atoms. The number of hydrogen-bond acceptors (Lipinski definition) is 7. The molecule has 6 atom stereocenters. The summed E-state index contributed by atoms with van der Waals surface area (Å²) in [5.41, 5.74) is 0. The average molecular weight is 441 g/mol. The maximum Gasteiger partial charge on any atom is 0.0957 e. The molecule has 3 fully saturated rings. The largest absolute Gasteiger partial charge is 0.822 e. The van der Waals surface area contributed by atoms with Gasteiger partial charge in [0.15, 0.2) is 0 Å². The standard InChI is InChI=1S/3C6H14N2.H3O4P/c3*1-5-3-8-6(2)4-7-5;1-5(2,3)4/h3*5-8H,3-4H2,1-2H3;(H3,1,2,3,4)/t3*5-,6+;. The summed E-state index contributed by atoms with van der Waals surface area (Å²) in [5.74, 6) is 0. The number of nitrogens with one attached hydrogen (secondary N) is 3. The van der Waals surface area contributed by atoms with Crippen LogP contribution in [0.2, 0.25) is 0 Å². The minimum atomic E-state index is -5.39. The molecule has 0 aromatic carbocycles. The highest BCUT2D eigenvalue weighted by Crippen LogP contribution is 2.03. The molecule has 10 nitrogen and oxygen atoms in total. The highest BCUT2D eigenvalue weighted by atomic mass is 31.2. The van der Waals surface area contributed by atoms with Crippen molar-refractivity contribution < 1.29 is 35.2 Å². The Balaban J connectivity index is 0.000000367. The topological polar surface area (TPSA) is 172 Å². The number of nitrogens with two attached hydrogens (primary N) is 3. The maximum absolute atomic E-state index is 8.55. The SMILES string of the molecule is C[C@@H]1C[NH2+][C@@H](C)CN1.C[C@@H]1C[NH2+][C@@H](C)CN1.C[C@@H]1C[NH2+][C@@H](C)CN1.O=P([O-])([O-])[O-]. The van der Waals surface area contributed by atoms with Gasteiger partial charge >= 0.3 is 0 Å². The molecule has 29 heavy (non-hydrogen) atoms. The van der Waals surface area contributed by atoms with Crippen molar-refractivity contribution in [3.63, 3.8) is 0 Å². The Hall–Kier alpha value is -0.130. The first-order valence-corrected chi connectivity index (χ1v) is 12.3. The van der Waals surface area contributed by atoms with Crippen LogP contribution in [0, 0.1) is 0 Å². The lowest BCUT2D eigenvalue weighted by Crippen LogP contribution is -2.95. The van der Waals surface area contributed by atoms with Crippen molar-refractivity contribution in [1.29, 1.82) is 0 Å². The van der Waals surface area contributed by atoms with Crippen molar-refractivity contribution >= 4 is 7.82 Å². The fourth-order valence-electron chi connectivity index (χ4n) is 2.97. The van der Waals surface area contributed by atoms with E-state index < -0.39 is 7.82 Å². The summed E-state index contributed by atoms with van der Waals surface area (Å²) in [6, 6.07) is 4.49. The Bertz CT molecular complexity index is 346. The van der Waals surface area contributed by atoms with E-state index in [1.807, 2.05) is 0 Å². The Kier molecular flexibility index (Phi) is 15.6. The number of quaternary nitrogens is 3. The third-order valence-electron chi connectivity index (χ3n) is 5.04. The Morgan fingerprint density at radius 3 is 0.931 bits per heavy atom. The first-order valence-electron chi connectivity index (χ1n) is 10.8. The summed E-state index contributed by atoms with van der Waals surface area (Å²) < 4.78 is 8.55. The molecule has 11 heteroatoms. The molecule has 3 aliphatic rings. The second kappa shape index (κ2) is 15.6. The average Bonchev–Trinajstić information content (AvgIpc) is 2.62. The first-order chi connectivity index (χ1) is 13.4. The molecule has 0 aliphatic carbocycles. The fourth-order valence-corrected chi connectivity index (χ4v) is 2.97. The molecule has 3 saturated heterocycles. The molecular weight excluding hydrogens is 395 g/mol. The van der Waals surface area contributed by atoms with E-state index in [2.05, 4.69) is 73.4 Å². The van der Waals surface area contributed by atoms with Crippen molar-refractivity contribution in [1.82, 2.24) is 16.0 Å². The first kappa shape index (κ1) is 28.9. The monoisotopic (exact) mass is 440 g/mol. The Labute approximate surface area is 176 Å². The molecule has 3 heterocycles. The van der Waals surface area contributed by atoms with Gasteiger partial charge in [-0.3, -0.25) is 0 Å². The zero-order valence-corrected chi connectivity index (χ0v) is 19.9. The van der Waals surface area contributed by atoms with E-state index in [4.69, 9.17) is 19.2 Å². The van der Waals surface area contributed by atoms with Gasteiger partial charge in [0.25, 0.3) is 0 Å². The van der Waals surface area contributed by atoms with E-state index in [0.29, 0.717) is 18.1 Å². The minimum absolute atomic E-state index is 0.714. The number of phosphoric acid groups is 1. The van der Waals surface area contributed by atoms with Crippen molar-refractivity contribution in [2.45, 2.75) is 77.8 Å². The summed E-state index contributed by atoms with van der Waals surface area (Å²) in [4.78, 5) is 25.6. The minimum Gasteiger partial charge on any atom is -0.822 e. The molecule has 3 rings (SSSR count). The van der Waals surface area contributed by atoms with Crippen molar-refractivity contribution in [2.75, 3.05) is 39.3 Å². The van der Waals surface area contributed by atoms with Gasteiger partial charge in [0.2, 0.25) is 0 Å². The molecule has 176 valence electrons. The highest BCUT2D eigenvalue weighted by molar-refractivity contribution is 7.40. The normalized spacial score (nSPS) is 34.9. The predicted octanol–water partition coefficient (Wildman–Crippen LogP) is -6.03. The zero-order chi connectivity index (χ0) is 22.4. The smallest absolute Gasteiger partial charge is 0.0957 e. The van der Waals surface area contributed by atoms with Crippen molar-refractivity contribution in [2.24, 2.45) is 0 Å². The van der Waals surface area contributed by atoms with E-state index in [1.165, 1.54) is 39.3 Å². The second-order valence-corrected chi connectivity index (χ2v) is 9.62. The van der Waals surface area contributed by atoms with Crippen LogP contribution in [0.4, 0.5) is 0 Å². The van der Waals surface area contributed by atoms with E-state index in [9.17, 15) is 0 Å². The van der Waals surface area contributed by atoms with Gasteiger partial charge in [0.1, 0.15) is 0 Å². The van der Waals surface area contributed by atoms with Gasteiger partial charge in [-0.05, 0) is 41.5 Å². The van der Waals surface area contributed by atoms with Crippen LogP contribution in [0.25, 0.3) is 0 Å². The molecule has 0 aromatic rings. The predicted molar refractivity (Wildman–Crippen MR) is 109 cm³/mol. The van der Waals surface area contributed by atoms with Gasteiger partial charge in [-0.25, -0.2) is 0 Å². The third-order valence-corrected chi connectivity index (χ3v) is 5.04. The lowest BCUT2D eigenvalue weighted by atomic mass is 10.2. The van der Waals surface area contributed by atoms with Crippen molar-refractivity contribution in [3.8, 4) is 0 Å². The van der Waals surface area contributed by atoms with E-state index in [0.717, 1.165) is 18.1 Å². The van der Waals surface area contributed by atoms with Gasteiger partial charge in [0, 0.05) is 19.6 Å². The summed E-state index contributed by atoms with van der Waals surface area (Å²) in [6.45, 7) is 20.6. The van der Waals surface area contributed by atoms with E-state index in [-0.39, 0.29) is 0 Å². The van der Waals surface area contributed by atoms with Gasteiger partial charge in [-0.1, -0.05) is 0 Å². The van der Waals surface area contributed by atoms with Gasteiger partial charge in [0.05, 0.1) is 55.9 Å². The molecule has 0 unspecified atom stereocenters. The second-order valence-electron chi connectivity index (χ2n) is 8.72. The zero-order valence-electron chi connectivity index (χ0n) is 19.0. The van der Waals surface area contributed by atoms with Gasteiger partial charge in [-0.15, -0.1) is 0 Å². The molecule has 9 N–H and O–H groups in total. The van der Waals surface area contributed by atoms with Crippen LogP contribution in [0.3, 0.4) is 0 Å². The van der Waals surface area contributed by atoms with Crippen molar-refractivity contribution in [3.05, 3.63) is 0 Å². The Morgan fingerprint density at radius 1 is 0.621 bits per heavy atom. The van der Waals surface area contributed by atoms with Crippen LogP contribution in [0.15, 0.2) is 0 Å². The van der Waals surface area contributed by atoms with Crippen LogP contribution in [-0.2, 0) is 4.57 Å². The van der Waals surface area contributed by atoms with E-state index >= 15 is 0 Å². The lowest BCUT2D eigenvalue weighted by Gasteiger charge is -2.36. The van der Waals surface area contributed by atoms with Crippen LogP contribution in [-0.4, -0.2) is 75.5 Å². The van der Waals surface area contributed by atoms with Crippen LogP contribution < -0.4 is 46.6 Å². The molecule has 0 aromatic heterocycles. The Morgan fingerprint density at radius 2 is 0.828 bits per heavy atom. The quantitative estimate of drug-likeness (QED) is 0.203. The summed E-state index contributed by atoms with van der Waals surface area (Å²) in [5, 5.41) is 17.4. The maximum atomic E-state index is 8.55. The molecule has 0 bridgehead atoms. The molecule has 0 saturated carbocycles. The lowest BCUT2D eigenvalue weighted by molar-refractivity contribution is -0.693. The number of piperazine rings is 3. The molecular formula is C18H45N6O4P. The number of hydrogen-bond donors (Lipinski definition) is 6. The molecule has 0 amide bonds. The van der Waals surface area contributed by atoms with Crippen LogP contribution >= 0.6 is 7.82 Å². The van der Waals surface area contributed by atoms with Gasteiger partial charge in [-0.2, -0.15) is 7.82 Å². The highest BCUT2D eigenvalue weighted by Gasteiger charge is 2.16. The van der Waals surface area contributed by atoms with Crippen LogP contribution in [0.1, 0.15) is 41.5 Å². The summed E-state index contributed by atoms with van der Waals surface area (Å²) >= 11 is 0. The fraction of sp³-hybridized carbons (Fsp3) is 1.00. The van der Waals surface area contributed by atoms with E-state index in [1.54, 1.807) is 0 Å². The summed E-state index contributed by atoms with van der Waals surface area (Å²) in [7, 11) is -5.39. The van der Waals surface area contributed by atoms with Gasteiger partial charge < -0.3 is 51.1 Å².